The molecular weight excluding hydrogens is 198 g/mol. The van der Waals surface area contributed by atoms with E-state index in [9.17, 15) is 4.79 Å². The minimum atomic E-state index is 0.797. The second kappa shape index (κ2) is 4.69. The highest BCUT2D eigenvalue weighted by molar-refractivity contribution is 5.78. The van der Waals surface area contributed by atoms with Crippen LogP contribution in [-0.4, -0.2) is 19.4 Å². The van der Waals surface area contributed by atoms with E-state index in [1.807, 2.05) is 13.0 Å². The Morgan fingerprint density at radius 2 is 2.19 bits per heavy atom. The lowest BCUT2D eigenvalue weighted by molar-refractivity contribution is 0.112. The molecule has 0 radical (unpaired) electrons. The number of hydrogen-bond donors (Lipinski definition) is 0. The van der Waals surface area contributed by atoms with Gasteiger partial charge in [-0.15, -0.1) is 0 Å². The molecule has 1 aliphatic carbocycles. The number of benzene rings is 1. The van der Waals surface area contributed by atoms with Crippen LogP contribution in [0.1, 0.15) is 35.7 Å². The second-order valence-electron chi connectivity index (χ2n) is 4.64. The lowest BCUT2D eigenvalue weighted by Crippen LogP contribution is -2.25. The Bertz CT molecular complexity index is 382. The first-order chi connectivity index (χ1) is 7.74. The molecule has 0 atom stereocenters. The molecule has 2 rings (SSSR count). The van der Waals surface area contributed by atoms with Crippen molar-refractivity contribution in [3.63, 3.8) is 0 Å². The Morgan fingerprint density at radius 1 is 1.44 bits per heavy atom. The zero-order valence-electron chi connectivity index (χ0n) is 10.1. The highest BCUT2D eigenvalue weighted by Crippen LogP contribution is 2.31. The summed E-state index contributed by atoms with van der Waals surface area (Å²) in [6.07, 6.45) is 3.68. The number of rotatable bonds is 5. The molecule has 1 aromatic rings. The smallest absolute Gasteiger partial charge is 0.150 e. The quantitative estimate of drug-likeness (QED) is 0.706. The molecule has 2 heteroatoms. The van der Waals surface area contributed by atoms with Crippen molar-refractivity contribution in [3.8, 4) is 0 Å². The van der Waals surface area contributed by atoms with Gasteiger partial charge in [-0.1, -0.05) is 0 Å². The van der Waals surface area contributed by atoms with Gasteiger partial charge in [-0.25, -0.2) is 0 Å². The topological polar surface area (TPSA) is 20.3 Å². The monoisotopic (exact) mass is 217 g/mol. The summed E-state index contributed by atoms with van der Waals surface area (Å²) in [4.78, 5) is 13.2. The maximum Gasteiger partial charge on any atom is 0.150 e. The third-order valence-electron chi connectivity index (χ3n) is 3.30. The van der Waals surface area contributed by atoms with Crippen LogP contribution in [0.4, 0.5) is 5.69 Å². The summed E-state index contributed by atoms with van der Waals surface area (Å²) < 4.78 is 0. The summed E-state index contributed by atoms with van der Waals surface area (Å²) >= 11 is 0. The number of aldehydes is 1. The van der Waals surface area contributed by atoms with Crippen LogP contribution in [-0.2, 0) is 0 Å². The average molecular weight is 217 g/mol. The molecule has 0 unspecified atom stereocenters. The van der Waals surface area contributed by atoms with Gasteiger partial charge < -0.3 is 4.90 Å². The Balaban J connectivity index is 2.16. The van der Waals surface area contributed by atoms with E-state index in [0.717, 1.165) is 36.4 Å². The first kappa shape index (κ1) is 11.2. The zero-order valence-corrected chi connectivity index (χ0v) is 10.1. The molecule has 2 nitrogen and oxygen atoms in total. The van der Waals surface area contributed by atoms with Crippen molar-refractivity contribution in [2.45, 2.75) is 26.7 Å². The molecule has 0 heterocycles. The highest BCUT2D eigenvalue weighted by atomic mass is 16.1. The predicted molar refractivity (Wildman–Crippen MR) is 67.2 cm³/mol. The van der Waals surface area contributed by atoms with Crippen LogP contribution in [0, 0.1) is 12.8 Å². The van der Waals surface area contributed by atoms with E-state index in [0.29, 0.717) is 0 Å². The number of carbonyl (C=O) groups excluding carboxylic acids is 1. The predicted octanol–water partition coefficient (Wildman–Crippen LogP) is 3.04. The first-order valence-corrected chi connectivity index (χ1v) is 6.05. The van der Waals surface area contributed by atoms with Crippen LogP contribution in [0.3, 0.4) is 0 Å². The molecule has 0 aromatic heterocycles. The fourth-order valence-electron chi connectivity index (χ4n) is 2.02. The van der Waals surface area contributed by atoms with Crippen LogP contribution in [0.25, 0.3) is 0 Å². The Labute approximate surface area is 97.3 Å². The molecular formula is C14H19NO. The molecule has 0 saturated heterocycles. The lowest BCUT2D eigenvalue weighted by atomic mass is 10.1. The third-order valence-corrected chi connectivity index (χ3v) is 3.30. The van der Waals surface area contributed by atoms with Crippen molar-refractivity contribution < 1.29 is 4.79 Å². The number of hydrogen-bond acceptors (Lipinski definition) is 2. The molecule has 0 aliphatic heterocycles. The van der Waals surface area contributed by atoms with E-state index in [4.69, 9.17) is 0 Å². The Hall–Kier alpha value is -1.31. The van der Waals surface area contributed by atoms with E-state index in [2.05, 4.69) is 24.0 Å². The molecule has 0 N–H and O–H groups in total. The molecule has 1 aliphatic rings. The van der Waals surface area contributed by atoms with E-state index in [1.54, 1.807) is 0 Å². The van der Waals surface area contributed by atoms with Crippen molar-refractivity contribution in [2.75, 3.05) is 18.0 Å². The minimum absolute atomic E-state index is 0.797. The van der Waals surface area contributed by atoms with Crippen LogP contribution in [0.5, 0.6) is 0 Å². The van der Waals surface area contributed by atoms with Gasteiger partial charge in [0.1, 0.15) is 6.29 Å². The molecule has 16 heavy (non-hydrogen) atoms. The molecule has 1 saturated carbocycles. The van der Waals surface area contributed by atoms with E-state index < -0.39 is 0 Å². The normalized spacial score (nSPS) is 14.9. The van der Waals surface area contributed by atoms with Crippen LogP contribution < -0.4 is 4.90 Å². The van der Waals surface area contributed by atoms with Gasteiger partial charge in [0.05, 0.1) is 0 Å². The van der Waals surface area contributed by atoms with Crippen molar-refractivity contribution in [2.24, 2.45) is 5.92 Å². The summed E-state index contributed by atoms with van der Waals surface area (Å²) in [5.74, 6) is 0.894. The molecule has 1 aromatic carbocycles. The van der Waals surface area contributed by atoms with Crippen molar-refractivity contribution >= 4 is 12.0 Å². The van der Waals surface area contributed by atoms with E-state index in [-0.39, 0.29) is 0 Å². The van der Waals surface area contributed by atoms with Crippen LogP contribution >= 0.6 is 0 Å². The van der Waals surface area contributed by atoms with Gasteiger partial charge in [-0.2, -0.15) is 0 Å². The van der Waals surface area contributed by atoms with Gasteiger partial charge in [0.15, 0.2) is 0 Å². The summed E-state index contributed by atoms with van der Waals surface area (Å²) in [5, 5.41) is 0. The van der Waals surface area contributed by atoms with Crippen molar-refractivity contribution in [1.29, 1.82) is 0 Å². The summed E-state index contributed by atoms with van der Waals surface area (Å²) in [5.41, 5.74) is 3.12. The number of carbonyl (C=O) groups is 1. The average Bonchev–Trinajstić information content (AvgIpc) is 3.09. The zero-order chi connectivity index (χ0) is 11.5. The van der Waals surface area contributed by atoms with Gasteiger partial charge in [-0.05, 0) is 56.4 Å². The van der Waals surface area contributed by atoms with Gasteiger partial charge in [0, 0.05) is 24.3 Å². The maximum absolute atomic E-state index is 10.8. The van der Waals surface area contributed by atoms with Gasteiger partial charge >= 0.3 is 0 Å². The van der Waals surface area contributed by atoms with Crippen molar-refractivity contribution in [1.82, 2.24) is 0 Å². The van der Waals surface area contributed by atoms with E-state index in [1.165, 1.54) is 18.5 Å². The fraction of sp³-hybridized carbons (Fsp3) is 0.500. The standard InChI is InChI=1S/C14H19NO/c1-3-15(9-12-4-5-12)14-7-6-13(10-16)11(2)8-14/h6-8,10,12H,3-5,9H2,1-2H3. The van der Waals surface area contributed by atoms with E-state index >= 15 is 0 Å². The minimum Gasteiger partial charge on any atom is -0.372 e. The second-order valence-corrected chi connectivity index (χ2v) is 4.64. The number of nitrogens with zero attached hydrogens (tertiary/aromatic N) is 1. The maximum atomic E-state index is 10.8. The largest absolute Gasteiger partial charge is 0.372 e. The fourth-order valence-corrected chi connectivity index (χ4v) is 2.02. The molecule has 0 amide bonds. The lowest BCUT2D eigenvalue weighted by Gasteiger charge is -2.23. The van der Waals surface area contributed by atoms with Crippen LogP contribution in [0.15, 0.2) is 18.2 Å². The van der Waals surface area contributed by atoms with Crippen LogP contribution in [0.2, 0.25) is 0 Å². The highest BCUT2D eigenvalue weighted by Gasteiger charge is 2.23. The molecule has 86 valence electrons. The third kappa shape index (κ3) is 2.43. The SMILES string of the molecule is CCN(CC1CC1)c1ccc(C=O)c(C)c1. The summed E-state index contributed by atoms with van der Waals surface area (Å²) in [6, 6.07) is 6.10. The number of anilines is 1. The Kier molecular flexibility index (Phi) is 3.28. The molecule has 1 fully saturated rings. The molecule has 0 spiro atoms. The van der Waals surface area contributed by atoms with Gasteiger partial charge in [0.25, 0.3) is 0 Å². The van der Waals surface area contributed by atoms with Gasteiger partial charge in [-0.3, -0.25) is 4.79 Å². The number of aryl methyl sites for hydroxylation is 1. The van der Waals surface area contributed by atoms with Crippen molar-refractivity contribution in [3.05, 3.63) is 29.3 Å². The first-order valence-electron chi connectivity index (χ1n) is 6.05. The molecule has 0 bridgehead atoms. The summed E-state index contributed by atoms with van der Waals surface area (Å²) in [7, 11) is 0. The Morgan fingerprint density at radius 3 is 2.69 bits per heavy atom. The van der Waals surface area contributed by atoms with Gasteiger partial charge in [0.2, 0.25) is 0 Å². The summed E-state index contributed by atoms with van der Waals surface area (Å²) in [6.45, 7) is 6.39.